The van der Waals surface area contributed by atoms with Gasteiger partial charge in [0.1, 0.15) is 11.6 Å². The van der Waals surface area contributed by atoms with Crippen LogP contribution in [0.5, 0.6) is 5.88 Å². The lowest BCUT2D eigenvalue weighted by Gasteiger charge is -2.03. The van der Waals surface area contributed by atoms with Gasteiger partial charge >= 0.3 is 0 Å². The van der Waals surface area contributed by atoms with Crippen LogP contribution in [0.25, 0.3) is 0 Å². The second kappa shape index (κ2) is 8.38. The largest absolute Gasteiger partial charge is 0.475 e. The Labute approximate surface area is 94.4 Å². The molecule has 0 atom stereocenters. The SMILES string of the molecule is Cl.Cl.NCCOc1ncccc1Cl. The van der Waals surface area contributed by atoms with Crippen LogP contribution in [-0.4, -0.2) is 18.1 Å². The van der Waals surface area contributed by atoms with Crippen molar-refractivity contribution in [1.82, 2.24) is 4.98 Å². The molecule has 0 bridgehead atoms. The fourth-order valence-electron chi connectivity index (χ4n) is 0.633. The molecule has 0 radical (unpaired) electrons. The van der Waals surface area contributed by atoms with Crippen LogP contribution < -0.4 is 10.5 Å². The highest BCUT2D eigenvalue weighted by molar-refractivity contribution is 6.31. The van der Waals surface area contributed by atoms with Gasteiger partial charge in [0.2, 0.25) is 5.88 Å². The van der Waals surface area contributed by atoms with Crippen molar-refractivity contribution < 1.29 is 4.74 Å². The Kier molecular flexibility index (Phi) is 9.84. The summed E-state index contributed by atoms with van der Waals surface area (Å²) in [4.78, 5) is 3.91. The van der Waals surface area contributed by atoms with E-state index in [4.69, 9.17) is 22.1 Å². The minimum Gasteiger partial charge on any atom is -0.475 e. The average molecular weight is 246 g/mol. The lowest BCUT2D eigenvalue weighted by atomic mass is 10.5. The van der Waals surface area contributed by atoms with Crippen LogP contribution in [0.4, 0.5) is 0 Å². The third-order valence-corrected chi connectivity index (χ3v) is 1.37. The predicted molar refractivity (Wildman–Crippen MR) is 58.3 cm³/mol. The highest BCUT2D eigenvalue weighted by Crippen LogP contribution is 2.19. The van der Waals surface area contributed by atoms with Crippen LogP contribution in [0.1, 0.15) is 0 Å². The molecule has 1 rings (SSSR count). The van der Waals surface area contributed by atoms with Gasteiger partial charge in [-0.15, -0.1) is 24.8 Å². The summed E-state index contributed by atoms with van der Waals surface area (Å²) in [6.45, 7) is 0.906. The van der Waals surface area contributed by atoms with E-state index in [-0.39, 0.29) is 24.8 Å². The Hall–Kier alpha value is -0.220. The Balaban J connectivity index is 0. The van der Waals surface area contributed by atoms with Gasteiger partial charge in [-0.3, -0.25) is 0 Å². The molecule has 1 aromatic heterocycles. The van der Waals surface area contributed by atoms with Crippen molar-refractivity contribution in [2.75, 3.05) is 13.2 Å². The van der Waals surface area contributed by atoms with Gasteiger partial charge in [-0.25, -0.2) is 4.98 Å². The van der Waals surface area contributed by atoms with E-state index in [0.29, 0.717) is 24.1 Å². The molecule has 0 saturated carbocycles. The Morgan fingerprint density at radius 1 is 1.46 bits per heavy atom. The van der Waals surface area contributed by atoms with Gasteiger partial charge in [-0.1, -0.05) is 11.6 Å². The van der Waals surface area contributed by atoms with Crippen LogP contribution in [0.15, 0.2) is 18.3 Å². The summed E-state index contributed by atoms with van der Waals surface area (Å²) in [5.41, 5.74) is 5.23. The molecule has 0 aliphatic carbocycles. The van der Waals surface area contributed by atoms with Crippen LogP contribution >= 0.6 is 36.4 Å². The van der Waals surface area contributed by atoms with Crippen molar-refractivity contribution in [1.29, 1.82) is 0 Å². The Bertz CT molecular complexity index is 235. The van der Waals surface area contributed by atoms with E-state index in [9.17, 15) is 0 Å². The van der Waals surface area contributed by atoms with Gasteiger partial charge in [-0.05, 0) is 12.1 Å². The predicted octanol–water partition coefficient (Wildman–Crippen LogP) is 1.92. The van der Waals surface area contributed by atoms with Crippen LogP contribution in [0.2, 0.25) is 5.02 Å². The molecular formula is C7H11Cl3N2O. The first kappa shape index (κ1) is 15.3. The first-order valence-electron chi connectivity index (χ1n) is 3.28. The number of halogens is 3. The van der Waals surface area contributed by atoms with Crippen molar-refractivity contribution in [2.45, 2.75) is 0 Å². The van der Waals surface area contributed by atoms with Crippen molar-refractivity contribution in [3.05, 3.63) is 23.4 Å². The normalized spacial score (nSPS) is 8.15. The van der Waals surface area contributed by atoms with Gasteiger partial charge in [-0.2, -0.15) is 0 Å². The number of hydrogen-bond acceptors (Lipinski definition) is 3. The van der Waals surface area contributed by atoms with Crippen LogP contribution in [-0.2, 0) is 0 Å². The summed E-state index contributed by atoms with van der Waals surface area (Å²) in [5, 5.41) is 0.515. The van der Waals surface area contributed by atoms with Gasteiger partial charge < -0.3 is 10.5 Å². The van der Waals surface area contributed by atoms with Crippen molar-refractivity contribution in [3.8, 4) is 5.88 Å². The Morgan fingerprint density at radius 3 is 2.69 bits per heavy atom. The van der Waals surface area contributed by atoms with Crippen molar-refractivity contribution in [3.63, 3.8) is 0 Å². The average Bonchev–Trinajstić information content (AvgIpc) is 2.03. The molecule has 1 heterocycles. The lowest BCUT2D eigenvalue weighted by Crippen LogP contribution is -2.11. The maximum absolute atomic E-state index is 5.73. The molecule has 3 nitrogen and oxygen atoms in total. The van der Waals surface area contributed by atoms with Crippen molar-refractivity contribution in [2.24, 2.45) is 5.73 Å². The van der Waals surface area contributed by atoms with E-state index in [2.05, 4.69) is 4.98 Å². The standard InChI is InChI=1S/C7H9ClN2O.2ClH/c8-6-2-1-4-10-7(6)11-5-3-9;;/h1-2,4H,3,5,9H2;2*1H. The van der Waals surface area contributed by atoms with E-state index in [1.807, 2.05) is 0 Å². The molecule has 0 spiro atoms. The summed E-state index contributed by atoms with van der Waals surface area (Å²) in [6, 6.07) is 3.47. The number of aromatic nitrogens is 1. The number of nitrogens with two attached hydrogens (primary N) is 1. The topological polar surface area (TPSA) is 48.1 Å². The summed E-state index contributed by atoms with van der Waals surface area (Å²) >= 11 is 5.73. The second-order valence-corrected chi connectivity index (χ2v) is 2.33. The van der Waals surface area contributed by atoms with E-state index in [1.165, 1.54) is 0 Å². The number of ether oxygens (including phenoxy) is 1. The van der Waals surface area contributed by atoms with Crippen LogP contribution in [0, 0.1) is 0 Å². The monoisotopic (exact) mass is 244 g/mol. The summed E-state index contributed by atoms with van der Waals surface area (Å²) in [5.74, 6) is 0.444. The minimum absolute atomic E-state index is 0. The maximum Gasteiger partial charge on any atom is 0.232 e. The van der Waals surface area contributed by atoms with Gasteiger partial charge in [0.25, 0.3) is 0 Å². The zero-order chi connectivity index (χ0) is 8.10. The molecule has 0 aliphatic rings. The van der Waals surface area contributed by atoms with Crippen molar-refractivity contribution >= 4 is 36.4 Å². The van der Waals surface area contributed by atoms with E-state index in [0.717, 1.165) is 0 Å². The molecule has 0 saturated heterocycles. The maximum atomic E-state index is 5.73. The number of nitrogens with zero attached hydrogens (tertiary/aromatic N) is 1. The highest BCUT2D eigenvalue weighted by atomic mass is 35.5. The number of hydrogen-bond donors (Lipinski definition) is 1. The highest BCUT2D eigenvalue weighted by Gasteiger charge is 1.98. The Morgan fingerprint density at radius 2 is 2.15 bits per heavy atom. The number of rotatable bonds is 3. The second-order valence-electron chi connectivity index (χ2n) is 1.93. The first-order chi connectivity index (χ1) is 5.34. The smallest absolute Gasteiger partial charge is 0.232 e. The molecule has 0 aromatic carbocycles. The molecule has 6 heteroatoms. The molecular weight excluding hydrogens is 234 g/mol. The molecule has 76 valence electrons. The van der Waals surface area contributed by atoms with Crippen LogP contribution in [0.3, 0.4) is 0 Å². The fraction of sp³-hybridized carbons (Fsp3) is 0.286. The number of pyridine rings is 1. The van der Waals surface area contributed by atoms with E-state index >= 15 is 0 Å². The zero-order valence-electron chi connectivity index (χ0n) is 6.77. The molecule has 13 heavy (non-hydrogen) atoms. The van der Waals surface area contributed by atoms with Gasteiger partial charge in [0.05, 0.1) is 0 Å². The summed E-state index contributed by atoms with van der Waals surface area (Å²) < 4.78 is 5.12. The molecule has 0 aliphatic heterocycles. The van der Waals surface area contributed by atoms with E-state index < -0.39 is 0 Å². The fourth-order valence-corrected chi connectivity index (χ4v) is 0.809. The first-order valence-corrected chi connectivity index (χ1v) is 3.66. The quantitative estimate of drug-likeness (QED) is 0.885. The third kappa shape index (κ3) is 5.16. The van der Waals surface area contributed by atoms with E-state index in [1.54, 1.807) is 18.3 Å². The third-order valence-electron chi connectivity index (χ3n) is 1.08. The summed E-state index contributed by atoms with van der Waals surface area (Å²) in [7, 11) is 0. The lowest BCUT2D eigenvalue weighted by molar-refractivity contribution is 0.316. The molecule has 1 aromatic rings. The molecule has 0 unspecified atom stereocenters. The molecule has 0 amide bonds. The van der Waals surface area contributed by atoms with Gasteiger partial charge in [0, 0.05) is 12.7 Å². The molecule has 0 fully saturated rings. The van der Waals surface area contributed by atoms with Gasteiger partial charge in [0.15, 0.2) is 0 Å². The molecule has 2 N–H and O–H groups in total. The summed E-state index contributed by atoms with van der Waals surface area (Å²) in [6.07, 6.45) is 1.62. The zero-order valence-corrected chi connectivity index (χ0v) is 9.16. The minimum atomic E-state index is 0.